The van der Waals surface area contributed by atoms with E-state index in [0.29, 0.717) is 31.7 Å². The van der Waals surface area contributed by atoms with Gasteiger partial charge in [-0.15, -0.1) is 0 Å². The maximum Gasteiger partial charge on any atom is 0.390 e. The lowest BCUT2D eigenvalue weighted by Gasteiger charge is -2.28. The molecular weight excluding hydrogens is 461 g/mol. The number of hydrogen-bond acceptors (Lipinski definition) is 7. The first kappa shape index (κ1) is 23.8. The van der Waals surface area contributed by atoms with Crippen LogP contribution in [0.4, 0.5) is 24.8 Å². The second kappa shape index (κ2) is 9.98. The molecule has 2 N–H and O–H groups in total. The molecule has 0 amide bonds. The summed E-state index contributed by atoms with van der Waals surface area (Å²) < 4.78 is 45.0. The maximum atomic E-state index is 12.6. The number of aliphatic hydroxyl groups is 1. The van der Waals surface area contributed by atoms with E-state index in [1.54, 1.807) is 6.20 Å². The number of halogens is 3. The lowest BCUT2D eigenvalue weighted by Crippen LogP contribution is -2.36. The number of morpholine rings is 1. The van der Waals surface area contributed by atoms with E-state index in [4.69, 9.17) is 9.84 Å². The minimum absolute atomic E-state index is 0.0557. The van der Waals surface area contributed by atoms with Gasteiger partial charge >= 0.3 is 6.18 Å². The first-order valence-electron chi connectivity index (χ1n) is 12.0. The molecule has 2 aliphatic rings. The molecule has 188 valence electrons. The van der Waals surface area contributed by atoms with E-state index in [-0.39, 0.29) is 24.6 Å². The molecule has 3 aromatic rings. The number of hydrogen-bond donors (Lipinski definition) is 2. The fourth-order valence-corrected chi connectivity index (χ4v) is 4.75. The van der Waals surface area contributed by atoms with Crippen molar-refractivity contribution in [2.24, 2.45) is 0 Å². The van der Waals surface area contributed by atoms with Gasteiger partial charge in [0.05, 0.1) is 37.2 Å². The third kappa shape index (κ3) is 5.51. The normalized spacial score (nSPS) is 21.4. The Bertz CT molecular complexity index is 1140. The van der Waals surface area contributed by atoms with Crippen molar-refractivity contribution < 1.29 is 23.0 Å². The fourth-order valence-electron chi connectivity index (χ4n) is 4.75. The summed E-state index contributed by atoms with van der Waals surface area (Å²) in [4.78, 5) is 11.1. The first-order valence-corrected chi connectivity index (χ1v) is 12.0. The molecule has 1 saturated heterocycles. The number of ether oxygens (including phenoxy) is 1. The van der Waals surface area contributed by atoms with E-state index in [2.05, 4.69) is 32.3 Å². The molecule has 2 aromatic heterocycles. The Morgan fingerprint density at radius 2 is 1.77 bits per heavy atom. The predicted octanol–water partition coefficient (Wildman–Crippen LogP) is 4.17. The molecule has 0 bridgehead atoms. The van der Waals surface area contributed by atoms with E-state index in [1.807, 2.05) is 16.8 Å². The summed E-state index contributed by atoms with van der Waals surface area (Å²) in [5, 5.41) is 18.3. The Morgan fingerprint density at radius 3 is 2.46 bits per heavy atom. The molecule has 1 saturated carbocycles. The molecule has 8 nitrogen and oxygen atoms in total. The molecule has 35 heavy (non-hydrogen) atoms. The highest BCUT2D eigenvalue weighted by Gasteiger charge is 2.27. The van der Waals surface area contributed by atoms with Gasteiger partial charge in [0, 0.05) is 37.1 Å². The highest BCUT2D eigenvalue weighted by Crippen LogP contribution is 2.35. The minimum atomic E-state index is -4.25. The van der Waals surface area contributed by atoms with Crippen molar-refractivity contribution in [1.82, 2.24) is 19.7 Å². The van der Waals surface area contributed by atoms with Crippen molar-refractivity contribution in [2.75, 3.05) is 43.1 Å². The number of aliphatic hydroxyl groups excluding tert-OH is 1. The molecule has 0 radical (unpaired) electrons. The van der Waals surface area contributed by atoms with Gasteiger partial charge in [-0.2, -0.15) is 23.3 Å². The van der Waals surface area contributed by atoms with E-state index in [9.17, 15) is 18.3 Å². The van der Waals surface area contributed by atoms with Gasteiger partial charge in [-0.25, -0.2) is 9.67 Å². The minimum Gasteiger partial charge on any atom is -0.393 e. The Hall–Kier alpha value is -2.92. The van der Waals surface area contributed by atoms with Gasteiger partial charge in [0.1, 0.15) is 5.69 Å². The van der Waals surface area contributed by atoms with Gasteiger partial charge in [-0.05, 0) is 37.8 Å². The average molecular weight is 491 g/mol. The molecule has 11 heteroatoms. The number of anilines is 2. The molecule has 5 rings (SSSR count). The van der Waals surface area contributed by atoms with Gasteiger partial charge in [0.15, 0.2) is 5.65 Å². The molecule has 0 spiro atoms. The summed E-state index contributed by atoms with van der Waals surface area (Å²) in [6.07, 6.45) is -1.02. The van der Waals surface area contributed by atoms with Crippen LogP contribution in [0.3, 0.4) is 0 Å². The molecule has 1 aliphatic carbocycles. The van der Waals surface area contributed by atoms with Crippen LogP contribution >= 0.6 is 0 Å². The fraction of sp³-hybridized carbons (Fsp3) is 0.542. The Labute approximate surface area is 201 Å². The first-order chi connectivity index (χ1) is 16.9. The van der Waals surface area contributed by atoms with Crippen LogP contribution in [0.15, 0.2) is 30.5 Å². The van der Waals surface area contributed by atoms with Gasteiger partial charge in [-0.1, -0.05) is 12.1 Å². The number of rotatable bonds is 6. The van der Waals surface area contributed by atoms with Gasteiger partial charge in [0.25, 0.3) is 0 Å². The lowest BCUT2D eigenvalue weighted by atomic mass is 9.93. The summed E-state index contributed by atoms with van der Waals surface area (Å²) in [6, 6.07) is 8.24. The lowest BCUT2D eigenvalue weighted by molar-refractivity contribution is -0.131. The van der Waals surface area contributed by atoms with Crippen LogP contribution < -0.4 is 10.2 Å². The van der Waals surface area contributed by atoms with E-state index in [1.165, 1.54) is 0 Å². The van der Waals surface area contributed by atoms with Crippen LogP contribution in [0.5, 0.6) is 0 Å². The standard InChI is InChI=1S/C24H29F3N6O2/c25-24(26,27)9-10-28-23-29-15-20-21(16-1-3-17(4-2-16)32-11-13-35-14-12-32)31-33(22(20)30-23)18-5-7-19(34)8-6-18/h1-4,15,18-19,34H,5-14H2,(H,28,29,30). The summed E-state index contributed by atoms with van der Waals surface area (Å²) in [7, 11) is 0. The number of aromatic nitrogens is 4. The molecule has 0 atom stereocenters. The Balaban J connectivity index is 1.46. The van der Waals surface area contributed by atoms with Crippen LogP contribution in [0.1, 0.15) is 38.1 Å². The number of nitrogens with one attached hydrogen (secondary N) is 1. The number of nitrogens with zero attached hydrogens (tertiary/aromatic N) is 5. The highest BCUT2D eigenvalue weighted by molar-refractivity contribution is 5.91. The predicted molar refractivity (Wildman–Crippen MR) is 126 cm³/mol. The summed E-state index contributed by atoms with van der Waals surface area (Å²) in [5.41, 5.74) is 3.36. The molecule has 1 aromatic carbocycles. The highest BCUT2D eigenvalue weighted by atomic mass is 19.4. The third-order valence-corrected chi connectivity index (χ3v) is 6.67. The molecule has 2 fully saturated rings. The van der Waals surface area contributed by atoms with Crippen molar-refractivity contribution >= 4 is 22.7 Å². The van der Waals surface area contributed by atoms with Gasteiger partial charge < -0.3 is 20.1 Å². The maximum absolute atomic E-state index is 12.6. The molecular formula is C24H29F3N6O2. The number of fused-ring (bicyclic) bond motifs is 1. The molecule has 3 heterocycles. The topological polar surface area (TPSA) is 88.3 Å². The van der Waals surface area contributed by atoms with E-state index < -0.39 is 12.6 Å². The number of alkyl halides is 3. The van der Waals surface area contributed by atoms with Crippen LogP contribution in [0.2, 0.25) is 0 Å². The van der Waals surface area contributed by atoms with Crippen LogP contribution in [0.25, 0.3) is 22.3 Å². The summed E-state index contributed by atoms with van der Waals surface area (Å²) in [5.74, 6) is 0.146. The zero-order valence-corrected chi connectivity index (χ0v) is 19.3. The zero-order chi connectivity index (χ0) is 24.4. The molecule has 0 unspecified atom stereocenters. The summed E-state index contributed by atoms with van der Waals surface area (Å²) >= 11 is 0. The Morgan fingerprint density at radius 1 is 1.06 bits per heavy atom. The van der Waals surface area contributed by atoms with Crippen molar-refractivity contribution in [1.29, 1.82) is 0 Å². The number of benzene rings is 1. The largest absolute Gasteiger partial charge is 0.393 e. The van der Waals surface area contributed by atoms with Crippen molar-refractivity contribution in [3.63, 3.8) is 0 Å². The Kier molecular flexibility index (Phi) is 6.79. The van der Waals surface area contributed by atoms with Crippen molar-refractivity contribution in [3.05, 3.63) is 30.5 Å². The second-order valence-electron chi connectivity index (χ2n) is 9.12. The van der Waals surface area contributed by atoms with Gasteiger partial charge in [-0.3, -0.25) is 0 Å². The average Bonchev–Trinajstić information content (AvgIpc) is 3.23. The van der Waals surface area contributed by atoms with Crippen LogP contribution in [-0.2, 0) is 4.74 Å². The van der Waals surface area contributed by atoms with Crippen molar-refractivity contribution in [3.8, 4) is 11.3 Å². The second-order valence-corrected chi connectivity index (χ2v) is 9.12. The molecule has 1 aliphatic heterocycles. The quantitative estimate of drug-likeness (QED) is 0.536. The van der Waals surface area contributed by atoms with E-state index >= 15 is 0 Å². The summed E-state index contributed by atoms with van der Waals surface area (Å²) in [6.45, 7) is 2.83. The van der Waals surface area contributed by atoms with Crippen LogP contribution in [0, 0.1) is 0 Å². The third-order valence-electron chi connectivity index (χ3n) is 6.67. The SMILES string of the molecule is OC1CCC(n2nc(-c3ccc(N4CCOCC4)cc3)c3cnc(NCCC(F)(F)F)nc32)CC1. The zero-order valence-electron chi connectivity index (χ0n) is 19.3. The van der Waals surface area contributed by atoms with Gasteiger partial charge in [0.2, 0.25) is 5.95 Å². The van der Waals surface area contributed by atoms with Crippen LogP contribution in [-0.4, -0.2) is 70.0 Å². The smallest absolute Gasteiger partial charge is 0.390 e. The monoisotopic (exact) mass is 490 g/mol. The van der Waals surface area contributed by atoms with E-state index in [0.717, 1.165) is 48.3 Å². The van der Waals surface area contributed by atoms with Crippen molar-refractivity contribution in [2.45, 2.75) is 50.4 Å².